The fourth-order valence-electron chi connectivity index (χ4n) is 3.01. The van der Waals surface area contributed by atoms with Crippen LogP contribution in [0.15, 0.2) is 18.0 Å². The molecule has 0 N–H and O–H groups in total. The van der Waals surface area contributed by atoms with Gasteiger partial charge in [0.1, 0.15) is 23.7 Å². The standard InChI is InChI=1S/C17H25N5OS/c1-12(22-11-18-10-19-22)16(23)21-8-6-5-7-13(21)15-20-14(9-24-15)17(2,3)4/h9-13H,5-8H2,1-4H3/t12-,13+/m1/s1. The molecule has 0 bridgehead atoms. The monoisotopic (exact) mass is 347 g/mol. The van der Waals surface area contributed by atoms with Crippen LogP contribution in [0.4, 0.5) is 0 Å². The number of carbonyl (C=O) groups excluding carboxylic acids is 1. The maximum absolute atomic E-state index is 13.0. The summed E-state index contributed by atoms with van der Waals surface area (Å²) < 4.78 is 1.62. The second-order valence-corrected chi connectivity index (χ2v) is 8.31. The van der Waals surface area contributed by atoms with E-state index in [0.29, 0.717) is 0 Å². The van der Waals surface area contributed by atoms with Gasteiger partial charge in [-0.2, -0.15) is 5.10 Å². The van der Waals surface area contributed by atoms with Gasteiger partial charge < -0.3 is 4.90 Å². The van der Waals surface area contributed by atoms with Crippen LogP contribution in [0.25, 0.3) is 0 Å². The third kappa shape index (κ3) is 3.36. The topological polar surface area (TPSA) is 63.9 Å². The van der Waals surface area contributed by atoms with Crippen molar-refractivity contribution >= 4 is 17.2 Å². The van der Waals surface area contributed by atoms with Crippen molar-refractivity contribution < 1.29 is 4.79 Å². The van der Waals surface area contributed by atoms with E-state index in [0.717, 1.165) is 36.5 Å². The molecule has 1 saturated heterocycles. The van der Waals surface area contributed by atoms with Gasteiger partial charge in [0.15, 0.2) is 0 Å². The molecule has 0 saturated carbocycles. The zero-order chi connectivity index (χ0) is 17.3. The zero-order valence-corrected chi connectivity index (χ0v) is 15.6. The summed E-state index contributed by atoms with van der Waals surface area (Å²) in [5.41, 5.74) is 1.14. The molecule has 7 heteroatoms. The van der Waals surface area contributed by atoms with E-state index in [-0.39, 0.29) is 23.4 Å². The summed E-state index contributed by atoms with van der Waals surface area (Å²) in [6, 6.07) is -0.256. The lowest BCUT2D eigenvalue weighted by Gasteiger charge is -2.36. The molecule has 2 aromatic heterocycles. The lowest BCUT2D eigenvalue weighted by Crippen LogP contribution is -2.42. The highest BCUT2D eigenvalue weighted by Gasteiger charge is 2.33. The van der Waals surface area contributed by atoms with Crippen molar-refractivity contribution in [2.24, 2.45) is 0 Å². The molecule has 3 heterocycles. The van der Waals surface area contributed by atoms with Crippen LogP contribution in [-0.4, -0.2) is 37.1 Å². The predicted octanol–water partition coefficient (Wildman–Crippen LogP) is 3.35. The van der Waals surface area contributed by atoms with Crippen LogP contribution in [0.5, 0.6) is 0 Å². The number of likely N-dealkylation sites (tertiary alicyclic amines) is 1. The number of rotatable bonds is 3. The summed E-state index contributed by atoms with van der Waals surface area (Å²) in [6.45, 7) is 9.17. The van der Waals surface area contributed by atoms with Crippen molar-refractivity contribution in [2.45, 2.75) is 64.5 Å². The van der Waals surface area contributed by atoms with Gasteiger partial charge in [0.05, 0.1) is 11.7 Å². The molecule has 0 spiro atoms. The molecule has 0 aliphatic carbocycles. The average molecular weight is 347 g/mol. The number of hydrogen-bond donors (Lipinski definition) is 0. The van der Waals surface area contributed by atoms with Gasteiger partial charge in [0.25, 0.3) is 0 Å². The van der Waals surface area contributed by atoms with E-state index in [1.165, 1.54) is 6.33 Å². The minimum absolute atomic E-state index is 0.0340. The third-order valence-corrected chi connectivity index (χ3v) is 5.50. The number of hydrogen-bond acceptors (Lipinski definition) is 5. The summed E-state index contributed by atoms with van der Waals surface area (Å²) in [5, 5.41) is 7.30. The van der Waals surface area contributed by atoms with E-state index >= 15 is 0 Å². The zero-order valence-electron chi connectivity index (χ0n) is 14.8. The molecule has 130 valence electrons. The lowest BCUT2D eigenvalue weighted by atomic mass is 9.93. The summed E-state index contributed by atoms with van der Waals surface area (Å²) in [4.78, 5) is 23.8. The van der Waals surface area contributed by atoms with Crippen molar-refractivity contribution in [3.63, 3.8) is 0 Å². The predicted molar refractivity (Wildman–Crippen MR) is 93.9 cm³/mol. The van der Waals surface area contributed by atoms with Crippen LogP contribution in [-0.2, 0) is 10.2 Å². The minimum atomic E-state index is -0.338. The first kappa shape index (κ1) is 17.1. The number of piperidine rings is 1. The molecular formula is C17H25N5OS. The number of aromatic nitrogens is 4. The molecule has 2 atom stereocenters. The van der Waals surface area contributed by atoms with E-state index in [1.807, 2.05) is 11.8 Å². The van der Waals surface area contributed by atoms with E-state index in [9.17, 15) is 4.79 Å². The normalized spacial score (nSPS) is 20.2. The summed E-state index contributed by atoms with van der Waals surface area (Å²) in [6.07, 6.45) is 6.23. The molecule has 2 aromatic rings. The SMILES string of the molecule is C[C@H](C(=O)N1CCCC[C@H]1c1nc(C(C)(C)C)cs1)n1cncn1. The maximum Gasteiger partial charge on any atom is 0.247 e. The number of thiazole rings is 1. The van der Waals surface area contributed by atoms with Crippen molar-refractivity contribution in [1.29, 1.82) is 0 Å². The van der Waals surface area contributed by atoms with Crippen molar-refractivity contribution in [3.05, 3.63) is 28.7 Å². The maximum atomic E-state index is 13.0. The fraction of sp³-hybridized carbons (Fsp3) is 0.647. The molecule has 0 radical (unpaired) electrons. The van der Waals surface area contributed by atoms with Gasteiger partial charge in [0, 0.05) is 17.3 Å². The molecular weight excluding hydrogens is 322 g/mol. The molecule has 0 unspecified atom stereocenters. The van der Waals surface area contributed by atoms with Gasteiger partial charge in [-0.25, -0.2) is 14.6 Å². The van der Waals surface area contributed by atoms with Crippen molar-refractivity contribution in [2.75, 3.05) is 6.54 Å². The first-order chi connectivity index (χ1) is 11.4. The van der Waals surface area contributed by atoms with E-state index < -0.39 is 0 Å². The van der Waals surface area contributed by atoms with Gasteiger partial charge >= 0.3 is 0 Å². The summed E-state index contributed by atoms with van der Waals surface area (Å²) >= 11 is 1.67. The highest BCUT2D eigenvalue weighted by Crippen LogP contribution is 2.36. The van der Waals surface area contributed by atoms with Crippen LogP contribution in [0.1, 0.15) is 69.7 Å². The van der Waals surface area contributed by atoms with Crippen molar-refractivity contribution in [3.8, 4) is 0 Å². The van der Waals surface area contributed by atoms with Crippen LogP contribution in [0.2, 0.25) is 0 Å². The molecule has 1 aliphatic rings. The Kier molecular flexibility index (Phi) is 4.71. The average Bonchev–Trinajstić information content (AvgIpc) is 3.24. The molecule has 0 aromatic carbocycles. The van der Waals surface area contributed by atoms with Crippen molar-refractivity contribution in [1.82, 2.24) is 24.6 Å². The van der Waals surface area contributed by atoms with E-state index in [4.69, 9.17) is 4.98 Å². The largest absolute Gasteiger partial charge is 0.331 e. The van der Waals surface area contributed by atoms with Gasteiger partial charge in [-0.1, -0.05) is 20.8 Å². The van der Waals surface area contributed by atoms with Gasteiger partial charge in [-0.15, -0.1) is 11.3 Å². The van der Waals surface area contributed by atoms with Crippen LogP contribution < -0.4 is 0 Å². The Morgan fingerprint density at radius 2 is 2.17 bits per heavy atom. The molecule has 6 nitrogen and oxygen atoms in total. The second-order valence-electron chi connectivity index (χ2n) is 7.42. The second kappa shape index (κ2) is 6.63. The number of carbonyl (C=O) groups is 1. The quantitative estimate of drug-likeness (QED) is 0.854. The third-order valence-electron chi connectivity index (χ3n) is 4.55. The highest BCUT2D eigenvalue weighted by atomic mass is 32.1. The van der Waals surface area contributed by atoms with E-state index in [2.05, 4.69) is 36.2 Å². The smallest absolute Gasteiger partial charge is 0.247 e. The first-order valence-electron chi connectivity index (χ1n) is 8.48. The van der Waals surface area contributed by atoms with Gasteiger partial charge in [-0.3, -0.25) is 4.79 Å². The number of nitrogens with zero attached hydrogens (tertiary/aromatic N) is 5. The Morgan fingerprint density at radius 1 is 1.38 bits per heavy atom. The molecule has 1 amide bonds. The van der Waals surface area contributed by atoms with Gasteiger partial charge in [0.2, 0.25) is 5.91 Å². The molecule has 1 fully saturated rings. The lowest BCUT2D eigenvalue weighted by molar-refractivity contribution is -0.138. The molecule has 24 heavy (non-hydrogen) atoms. The van der Waals surface area contributed by atoms with E-state index in [1.54, 1.807) is 22.3 Å². The molecule has 1 aliphatic heterocycles. The Morgan fingerprint density at radius 3 is 2.79 bits per heavy atom. The first-order valence-corrected chi connectivity index (χ1v) is 9.36. The van der Waals surface area contributed by atoms with Gasteiger partial charge in [-0.05, 0) is 26.2 Å². The summed E-state index contributed by atoms with van der Waals surface area (Å²) in [7, 11) is 0. The Bertz CT molecular complexity index is 688. The Balaban J connectivity index is 1.83. The highest BCUT2D eigenvalue weighted by molar-refractivity contribution is 7.09. The van der Waals surface area contributed by atoms with Crippen LogP contribution >= 0.6 is 11.3 Å². The van der Waals surface area contributed by atoms with Crippen LogP contribution in [0.3, 0.4) is 0 Å². The Hall–Kier alpha value is -1.76. The fourth-order valence-corrected chi connectivity index (χ4v) is 4.20. The molecule has 3 rings (SSSR count). The van der Waals surface area contributed by atoms with Crippen LogP contribution in [0, 0.1) is 0 Å². The number of amides is 1. The minimum Gasteiger partial charge on any atom is -0.331 e. The summed E-state index contributed by atoms with van der Waals surface area (Å²) in [5.74, 6) is 0.0951. The Labute approximate surface area is 146 Å².